The fraction of sp³-hybridized carbons (Fsp3) is 0.316. The Morgan fingerprint density at radius 1 is 1.11 bits per heavy atom. The van der Waals surface area contributed by atoms with Crippen molar-refractivity contribution >= 4 is 10.0 Å². The van der Waals surface area contributed by atoms with E-state index in [9.17, 15) is 13.2 Å². The van der Waals surface area contributed by atoms with Gasteiger partial charge in [-0.1, -0.05) is 0 Å². The molecule has 1 aromatic carbocycles. The fourth-order valence-electron chi connectivity index (χ4n) is 3.43. The molecule has 0 saturated carbocycles. The summed E-state index contributed by atoms with van der Waals surface area (Å²) in [6.45, 7) is 4.59. The highest BCUT2D eigenvalue weighted by Gasteiger charge is 2.32. The van der Waals surface area contributed by atoms with Crippen molar-refractivity contribution in [3.05, 3.63) is 58.6 Å². The van der Waals surface area contributed by atoms with Gasteiger partial charge in [0.25, 0.3) is 5.56 Å². The van der Waals surface area contributed by atoms with Crippen molar-refractivity contribution in [1.82, 2.24) is 13.9 Å². The van der Waals surface area contributed by atoms with E-state index in [2.05, 4.69) is 4.98 Å². The van der Waals surface area contributed by atoms with Crippen molar-refractivity contribution < 1.29 is 13.2 Å². The van der Waals surface area contributed by atoms with Gasteiger partial charge < -0.3 is 14.3 Å². The van der Waals surface area contributed by atoms with Gasteiger partial charge in [-0.15, -0.1) is 0 Å². The molecule has 8 heteroatoms. The minimum Gasteiger partial charge on any atom is -0.491 e. The van der Waals surface area contributed by atoms with Gasteiger partial charge in [0.05, 0.1) is 34.5 Å². The Hall–Kier alpha value is -2.58. The number of ether oxygens (including phenoxy) is 1. The van der Waals surface area contributed by atoms with Gasteiger partial charge in [-0.3, -0.25) is 4.79 Å². The van der Waals surface area contributed by atoms with Crippen LogP contribution in [-0.2, 0) is 23.1 Å². The van der Waals surface area contributed by atoms with E-state index >= 15 is 0 Å². The second-order valence-electron chi connectivity index (χ2n) is 6.84. The molecule has 27 heavy (non-hydrogen) atoms. The fourth-order valence-corrected chi connectivity index (χ4v) is 4.82. The molecule has 1 aromatic rings. The van der Waals surface area contributed by atoms with E-state index in [1.165, 1.54) is 4.31 Å². The number of aromatic amines is 1. The van der Waals surface area contributed by atoms with Crippen molar-refractivity contribution in [3.8, 4) is 17.0 Å². The van der Waals surface area contributed by atoms with E-state index in [1.54, 1.807) is 47.2 Å². The largest absolute Gasteiger partial charge is 0.491 e. The minimum absolute atomic E-state index is 0.0214. The van der Waals surface area contributed by atoms with Crippen LogP contribution in [0.25, 0.3) is 11.3 Å². The van der Waals surface area contributed by atoms with E-state index in [1.807, 2.05) is 13.8 Å². The molecule has 1 N–H and O–H groups in total. The Labute approximate surface area is 157 Å². The molecule has 0 atom stereocenters. The number of aromatic nitrogens is 2. The summed E-state index contributed by atoms with van der Waals surface area (Å²) in [7, 11) is -3.66. The number of fused-ring (bicyclic) bond motifs is 3. The average molecular weight is 387 g/mol. The van der Waals surface area contributed by atoms with Crippen LogP contribution in [0.15, 0.2) is 52.3 Å². The second-order valence-corrected chi connectivity index (χ2v) is 8.78. The normalized spacial score (nSPS) is 15.2. The van der Waals surface area contributed by atoms with Crippen molar-refractivity contribution in [2.75, 3.05) is 6.54 Å². The topological polar surface area (TPSA) is 84.4 Å². The van der Waals surface area contributed by atoms with Crippen molar-refractivity contribution in [1.29, 1.82) is 0 Å². The molecular formula is C19H21N3O4S. The van der Waals surface area contributed by atoms with Crippen LogP contribution in [0.1, 0.15) is 19.5 Å². The zero-order valence-electron chi connectivity index (χ0n) is 15.2. The number of hydrogen-bond donors (Lipinski definition) is 1. The summed E-state index contributed by atoms with van der Waals surface area (Å²) in [5, 5.41) is 0. The van der Waals surface area contributed by atoms with E-state index in [4.69, 9.17) is 4.74 Å². The van der Waals surface area contributed by atoms with Crippen LogP contribution in [-0.4, -0.2) is 34.9 Å². The van der Waals surface area contributed by atoms with E-state index in [-0.39, 0.29) is 29.6 Å². The third kappa shape index (κ3) is 3.04. The minimum atomic E-state index is -3.66. The van der Waals surface area contributed by atoms with Gasteiger partial charge in [0, 0.05) is 19.3 Å². The lowest BCUT2D eigenvalue weighted by atomic mass is 10.2. The molecule has 0 unspecified atom stereocenters. The summed E-state index contributed by atoms with van der Waals surface area (Å²) in [6.07, 6.45) is 1.76. The maximum absolute atomic E-state index is 13.1. The lowest BCUT2D eigenvalue weighted by molar-refractivity contribution is 0.242. The average Bonchev–Trinajstić information content (AvgIpc) is 2.94. The molecule has 0 amide bonds. The first kappa shape index (κ1) is 17.8. The first-order valence-electron chi connectivity index (χ1n) is 8.83. The first-order chi connectivity index (χ1) is 12.9. The van der Waals surface area contributed by atoms with Crippen molar-refractivity contribution in [2.45, 2.75) is 37.9 Å². The van der Waals surface area contributed by atoms with Gasteiger partial charge in [-0.05, 0) is 50.2 Å². The van der Waals surface area contributed by atoms with Crippen LogP contribution in [0.4, 0.5) is 0 Å². The molecule has 0 bridgehead atoms. The van der Waals surface area contributed by atoms with Crippen LogP contribution in [0.5, 0.6) is 5.75 Å². The number of rotatable bonds is 4. The molecule has 0 saturated heterocycles. The zero-order chi connectivity index (χ0) is 19.2. The second kappa shape index (κ2) is 6.54. The Kier molecular flexibility index (Phi) is 4.32. The number of H-pyrrole nitrogens is 1. The molecule has 0 radical (unpaired) electrons. The Balaban J connectivity index is 1.65. The van der Waals surface area contributed by atoms with Gasteiger partial charge in [0.1, 0.15) is 5.75 Å². The smallest absolute Gasteiger partial charge is 0.260 e. The number of benzene rings is 1. The molecule has 142 valence electrons. The lowest BCUT2D eigenvalue weighted by Gasteiger charge is -2.27. The third-order valence-corrected chi connectivity index (χ3v) is 6.54. The molecule has 4 rings (SSSR count). The summed E-state index contributed by atoms with van der Waals surface area (Å²) < 4.78 is 34.8. The monoisotopic (exact) mass is 387 g/mol. The molecule has 3 aliphatic heterocycles. The quantitative estimate of drug-likeness (QED) is 0.744. The van der Waals surface area contributed by atoms with E-state index in [0.717, 1.165) is 0 Å². The van der Waals surface area contributed by atoms with Crippen LogP contribution in [0.2, 0.25) is 0 Å². The lowest BCUT2D eigenvalue weighted by Crippen LogP contribution is -2.40. The summed E-state index contributed by atoms with van der Waals surface area (Å²) in [5.74, 6) is 0.632. The van der Waals surface area contributed by atoms with Gasteiger partial charge in [-0.2, -0.15) is 4.31 Å². The standard InChI is InChI=1S/C19H21N3O4S/c1-13(2)26-14-5-7-15(8-6-14)27(24,25)21-10-11-22-17(12-21)18-16(19(22)23)4-3-9-20-18/h3-9,13,20H,10-12H2,1-2H3. The van der Waals surface area contributed by atoms with Gasteiger partial charge in [0.2, 0.25) is 10.0 Å². The Bertz CT molecular complexity index is 1100. The molecule has 3 heterocycles. The third-order valence-electron chi connectivity index (χ3n) is 4.68. The number of nitrogens with zero attached hydrogens (tertiary/aromatic N) is 2. The summed E-state index contributed by atoms with van der Waals surface area (Å²) in [6, 6.07) is 9.97. The molecular weight excluding hydrogens is 366 g/mol. The number of sulfonamides is 1. The molecule has 0 aromatic heterocycles. The molecule has 0 spiro atoms. The van der Waals surface area contributed by atoms with Crippen LogP contribution in [0, 0.1) is 0 Å². The maximum atomic E-state index is 13.1. The molecule has 0 aliphatic carbocycles. The van der Waals surface area contributed by atoms with Crippen molar-refractivity contribution in [2.24, 2.45) is 0 Å². The van der Waals surface area contributed by atoms with E-state index < -0.39 is 10.0 Å². The van der Waals surface area contributed by atoms with Crippen LogP contribution in [0.3, 0.4) is 0 Å². The molecule has 0 fully saturated rings. The summed E-state index contributed by atoms with van der Waals surface area (Å²) in [4.78, 5) is 15.8. The number of nitrogens with one attached hydrogen (secondary N) is 1. The summed E-state index contributed by atoms with van der Waals surface area (Å²) >= 11 is 0. The number of pyridine rings is 1. The maximum Gasteiger partial charge on any atom is 0.260 e. The van der Waals surface area contributed by atoms with Gasteiger partial charge in [0.15, 0.2) is 0 Å². The van der Waals surface area contributed by atoms with Crippen LogP contribution < -0.4 is 10.3 Å². The highest BCUT2D eigenvalue weighted by molar-refractivity contribution is 7.89. The number of hydrogen-bond acceptors (Lipinski definition) is 4. The SMILES string of the molecule is CC(C)Oc1ccc(S(=O)(=O)N2CCn3c(c4[nH]cccc-4c3=O)C2)cc1. The predicted octanol–water partition coefficient (Wildman–Crippen LogP) is 2.27. The van der Waals surface area contributed by atoms with Gasteiger partial charge >= 0.3 is 0 Å². The predicted molar refractivity (Wildman–Crippen MR) is 101 cm³/mol. The highest BCUT2D eigenvalue weighted by atomic mass is 32.2. The molecule has 3 aliphatic rings. The van der Waals surface area contributed by atoms with E-state index in [0.29, 0.717) is 29.2 Å². The van der Waals surface area contributed by atoms with Crippen molar-refractivity contribution in [3.63, 3.8) is 0 Å². The molecule has 7 nitrogen and oxygen atoms in total. The highest BCUT2D eigenvalue weighted by Crippen LogP contribution is 2.28. The first-order valence-corrected chi connectivity index (χ1v) is 10.3. The Morgan fingerprint density at radius 2 is 1.85 bits per heavy atom. The van der Waals surface area contributed by atoms with Gasteiger partial charge in [-0.25, -0.2) is 8.42 Å². The summed E-state index contributed by atoms with van der Waals surface area (Å²) in [5.41, 5.74) is 1.90. The zero-order valence-corrected chi connectivity index (χ0v) is 16.0. The Morgan fingerprint density at radius 3 is 2.56 bits per heavy atom. The van der Waals surface area contributed by atoms with Crippen LogP contribution >= 0.6 is 0 Å².